The van der Waals surface area contributed by atoms with E-state index in [4.69, 9.17) is 16.6 Å². The first-order valence-corrected chi connectivity index (χ1v) is 4.27. The zero-order valence-corrected chi connectivity index (χ0v) is 8.18. The lowest BCUT2D eigenvalue weighted by Gasteiger charge is -1.96. The van der Waals surface area contributed by atoms with Crippen LogP contribution in [0.2, 0.25) is 0 Å². The largest absolute Gasteiger partial charge is 0.461 e. The first kappa shape index (κ1) is 8.25. The van der Waals surface area contributed by atoms with Gasteiger partial charge in [0.2, 0.25) is 0 Å². The molecule has 1 N–H and O–H groups in total. The Morgan fingerprint density at radius 1 is 1.62 bits per heavy atom. The van der Waals surface area contributed by atoms with Gasteiger partial charge in [0.1, 0.15) is 0 Å². The maximum Gasteiger partial charge on any atom is 0.198 e. The highest BCUT2D eigenvalue weighted by Gasteiger charge is 2.11. The molecule has 0 aromatic carbocycles. The normalized spacial score (nSPS) is 10.6. The predicted molar refractivity (Wildman–Crippen MR) is 50.8 cm³/mol. The molecule has 2 aromatic rings. The van der Waals surface area contributed by atoms with Crippen LogP contribution in [0.5, 0.6) is 0 Å². The molecule has 0 fully saturated rings. The van der Waals surface area contributed by atoms with Gasteiger partial charge in [-0.1, -0.05) is 0 Å². The summed E-state index contributed by atoms with van der Waals surface area (Å²) in [6, 6.07) is 1.90. The Hall–Kier alpha value is -1.36. The summed E-state index contributed by atoms with van der Waals surface area (Å²) in [6.45, 7) is 1.97. The van der Waals surface area contributed by atoms with Crippen molar-refractivity contribution in [3.63, 3.8) is 0 Å². The number of nitrogens with zero attached hydrogens (tertiary/aromatic N) is 2. The standard InChI is InChI=1S/C8H9N3OS/c1-5-3-4-12-6(5)7-9-10-8(13)11(7)2/h3-4H,1-2H3,(H,10,13). The van der Waals surface area contributed by atoms with Gasteiger partial charge in [-0.05, 0) is 30.8 Å². The van der Waals surface area contributed by atoms with Crippen molar-refractivity contribution in [2.75, 3.05) is 0 Å². The van der Waals surface area contributed by atoms with Crippen LogP contribution in [0.3, 0.4) is 0 Å². The highest BCUT2D eigenvalue weighted by molar-refractivity contribution is 7.71. The van der Waals surface area contributed by atoms with E-state index < -0.39 is 0 Å². The van der Waals surface area contributed by atoms with E-state index in [1.165, 1.54) is 0 Å². The van der Waals surface area contributed by atoms with E-state index in [1.807, 2.05) is 20.0 Å². The molecule has 0 saturated carbocycles. The van der Waals surface area contributed by atoms with Gasteiger partial charge >= 0.3 is 0 Å². The van der Waals surface area contributed by atoms with E-state index in [-0.39, 0.29) is 0 Å². The Kier molecular flexibility index (Phi) is 1.81. The van der Waals surface area contributed by atoms with Gasteiger partial charge < -0.3 is 8.98 Å². The van der Waals surface area contributed by atoms with Crippen molar-refractivity contribution in [2.24, 2.45) is 7.05 Å². The highest BCUT2D eigenvalue weighted by atomic mass is 32.1. The average molecular weight is 195 g/mol. The Labute approximate surface area is 80.2 Å². The summed E-state index contributed by atoms with van der Waals surface area (Å²) in [5.74, 6) is 1.49. The number of rotatable bonds is 1. The quantitative estimate of drug-likeness (QED) is 0.708. The SMILES string of the molecule is Cc1ccoc1-c1n[nH]c(=S)n1C. The van der Waals surface area contributed by atoms with Crippen LogP contribution in [0.1, 0.15) is 5.56 Å². The fourth-order valence-electron chi connectivity index (χ4n) is 1.15. The predicted octanol–water partition coefficient (Wildman–Crippen LogP) is 2.05. The highest BCUT2D eigenvalue weighted by Crippen LogP contribution is 2.21. The van der Waals surface area contributed by atoms with Gasteiger partial charge in [-0.15, -0.1) is 0 Å². The topological polar surface area (TPSA) is 46.8 Å². The Morgan fingerprint density at radius 3 is 2.85 bits per heavy atom. The zero-order chi connectivity index (χ0) is 9.42. The summed E-state index contributed by atoms with van der Waals surface area (Å²) >= 11 is 4.99. The number of nitrogens with one attached hydrogen (secondary N) is 1. The molecule has 68 valence electrons. The van der Waals surface area contributed by atoms with Crippen molar-refractivity contribution < 1.29 is 4.42 Å². The van der Waals surface area contributed by atoms with Gasteiger partial charge in [0.15, 0.2) is 16.4 Å². The second-order valence-electron chi connectivity index (χ2n) is 2.84. The molecule has 0 amide bonds. The van der Waals surface area contributed by atoms with Gasteiger partial charge in [0.25, 0.3) is 0 Å². The number of aryl methyl sites for hydroxylation is 1. The van der Waals surface area contributed by atoms with Crippen LogP contribution in [0.15, 0.2) is 16.7 Å². The molecule has 0 aliphatic rings. The third-order valence-electron chi connectivity index (χ3n) is 1.94. The first-order valence-electron chi connectivity index (χ1n) is 3.86. The van der Waals surface area contributed by atoms with E-state index >= 15 is 0 Å². The zero-order valence-electron chi connectivity index (χ0n) is 7.37. The van der Waals surface area contributed by atoms with Crippen LogP contribution < -0.4 is 0 Å². The summed E-state index contributed by atoms with van der Waals surface area (Å²) in [5, 5.41) is 6.78. The number of H-pyrrole nitrogens is 1. The van der Waals surface area contributed by atoms with Crippen molar-refractivity contribution >= 4 is 12.2 Å². The van der Waals surface area contributed by atoms with Crippen LogP contribution in [-0.2, 0) is 7.05 Å². The molecule has 0 aliphatic heterocycles. The van der Waals surface area contributed by atoms with E-state index in [9.17, 15) is 0 Å². The molecular weight excluding hydrogens is 186 g/mol. The number of hydrogen-bond donors (Lipinski definition) is 1. The van der Waals surface area contributed by atoms with Crippen molar-refractivity contribution in [3.05, 3.63) is 22.7 Å². The molecule has 0 radical (unpaired) electrons. The smallest absolute Gasteiger partial charge is 0.198 e. The summed E-state index contributed by atoms with van der Waals surface area (Å²) in [7, 11) is 1.85. The summed E-state index contributed by atoms with van der Waals surface area (Å²) in [5.41, 5.74) is 1.05. The monoisotopic (exact) mass is 195 g/mol. The van der Waals surface area contributed by atoms with Crippen molar-refractivity contribution in [1.82, 2.24) is 14.8 Å². The van der Waals surface area contributed by atoms with Crippen molar-refractivity contribution in [2.45, 2.75) is 6.92 Å². The van der Waals surface area contributed by atoms with Crippen LogP contribution in [0.25, 0.3) is 11.6 Å². The molecule has 0 saturated heterocycles. The van der Waals surface area contributed by atoms with Gasteiger partial charge in [-0.3, -0.25) is 5.10 Å². The Bertz CT molecular complexity index is 480. The Balaban J connectivity index is 2.65. The first-order chi connectivity index (χ1) is 6.20. The lowest BCUT2D eigenvalue weighted by atomic mass is 10.3. The fourth-order valence-corrected chi connectivity index (χ4v) is 1.28. The molecule has 0 unspecified atom stereocenters. The van der Waals surface area contributed by atoms with Crippen molar-refractivity contribution in [3.8, 4) is 11.6 Å². The molecular formula is C8H9N3OS. The fraction of sp³-hybridized carbons (Fsp3) is 0.250. The molecule has 0 spiro atoms. The summed E-state index contributed by atoms with van der Waals surface area (Å²) in [6.07, 6.45) is 1.64. The Morgan fingerprint density at radius 2 is 2.38 bits per heavy atom. The molecule has 2 rings (SSSR count). The van der Waals surface area contributed by atoms with Crippen LogP contribution in [0.4, 0.5) is 0 Å². The minimum atomic E-state index is 0.589. The van der Waals surface area contributed by atoms with E-state index in [1.54, 1.807) is 10.8 Å². The maximum atomic E-state index is 5.29. The number of hydrogen-bond acceptors (Lipinski definition) is 3. The van der Waals surface area contributed by atoms with Gasteiger partial charge in [-0.25, -0.2) is 0 Å². The second kappa shape index (κ2) is 2.85. The second-order valence-corrected chi connectivity index (χ2v) is 3.23. The summed E-state index contributed by atoms with van der Waals surface area (Å²) < 4.78 is 7.66. The van der Waals surface area contributed by atoms with Crippen molar-refractivity contribution in [1.29, 1.82) is 0 Å². The lowest BCUT2D eigenvalue weighted by Crippen LogP contribution is -1.92. The molecule has 4 nitrogen and oxygen atoms in total. The van der Waals surface area contributed by atoms with E-state index in [0.29, 0.717) is 4.77 Å². The molecule has 0 atom stereocenters. The van der Waals surface area contributed by atoms with Crippen LogP contribution in [-0.4, -0.2) is 14.8 Å². The molecule has 5 heteroatoms. The molecule has 0 bridgehead atoms. The average Bonchev–Trinajstić information content (AvgIpc) is 2.62. The lowest BCUT2D eigenvalue weighted by molar-refractivity contribution is 0.572. The third kappa shape index (κ3) is 1.21. The number of furan rings is 1. The van der Waals surface area contributed by atoms with E-state index in [2.05, 4.69) is 10.2 Å². The van der Waals surface area contributed by atoms with Crippen LogP contribution >= 0.6 is 12.2 Å². The number of aromatic nitrogens is 3. The summed E-state index contributed by atoms with van der Waals surface area (Å²) in [4.78, 5) is 0. The number of aromatic amines is 1. The van der Waals surface area contributed by atoms with Crippen LogP contribution in [0, 0.1) is 11.7 Å². The molecule has 0 aliphatic carbocycles. The van der Waals surface area contributed by atoms with Gasteiger partial charge in [-0.2, -0.15) is 5.10 Å². The molecule has 13 heavy (non-hydrogen) atoms. The van der Waals surface area contributed by atoms with Gasteiger partial charge in [0.05, 0.1) is 6.26 Å². The van der Waals surface area contributed by atoms with E-state index in [0.717, 1.165) is 17.1 Å². The molecule has 2 aromatic heterocycles. The minimum Gasteiger partial charge on any atom is -0.461 e. The molecule has 2 heterocycles. The maximum absolute atomic E-state index is 5.29. The van der Waals surface area contributed by atoms with Gasteiger partial charge in [0, 0.05) is 7.05 Å². The third-order valence-corrected chi connectivity index (χ3v) is 2.31. The minimum absolute atomic E-state index is 0.589.